The molecule has 0 saturated carbocycles. The topological polar surface area (TPSA) is 24.5 Å². The van der Waals surface area contributed by atoms with Crippen LogP contribution in [0.2, 0.25) is 0 Å². The fourth-order valence-electron chi connectivity index (χ4n) is 2.13. The Morgan fingerprint density at radius 1 is 1.33 bits per heavy atom. The smallest absolute Gasteiger partial charge is 0.0469 e. The molecule has 0 aromatic rings. The minimum absolute atomic E-state index is 0.243. The predicted octanol–water partition coefficient (Wildman–Crippen LogP) is 1.34. The van der Waals surface area contributed by atoms with Crippen LogP contribution in [-0.2, 0) is 4.74 Å². The molecular weight excluding hydrogens is 188 g/mol. The van der Waals surface area contributed by atoms with Crippen molar-refractivity contribution in [3.63, 3.8) is 0 Å². The molecule has 1 rings (SSSR count). The third-order valence-electron chi connectivity index (χ3n) is 3.52. The van der Waals surface area contributed by atoms with E-state index in [1.165, 1.54) is 19.4 Å². The third kappa shape index (κ3) is 4.09. The zero-order chi connectivity index (χ0) is 11.3. The number of nitrogens with zero attached hydrogens (tertiary/aromatic N) is 1. The molecule has 1 heterocycles. The van der Waals surface area contributed by atoms with E-state index in [1.807, 2.05) is 7.05 Å². The standard InChI is InChI=1S/C12H26N2O/c1-12(2,10-13-3)14(4)9-11-5-7-15-8-6-11/h11,13H,5-10H2,1-4H3. The molecule has 0 aromatic carbocycles. The van der Waals surface area contributed by atoms with Crippen molar-refractivity contribution in [2.75, 3.05) is 40.4 Å². The Bertz CT molecular complexity index is 176. The summed E-state index contributed by atoms with van der Waals surface area (Å²) < 4.78 is 5.38. The molecule has 0 amide bonds. The zero-order valence-electron chi connectivity index (χ0n) is 10.7. The van der Waals surface area contributed by atoms with Crippen LogP contribution in [0.1, 0.15) is 26.7 Å². The summed E-state index contributed by atoms with van der Waals surface area (Å²) in [6, 6.07) is 0. The maximum absolute atomic E-state index is 5.38. The molecule has 0 aliphatic carbocycles. The van der Waals surface area contributed by atoms with Crippen LogP contribution in [0.4, 0.5) is 0 Å². The molecule has 1 fully saturated rings. The first-order chi connectivity index (χ1) is 7.06. The van der Waals surface area contributed by atoms with Crippen molar-refractivity contribution < 1.29 is 4.74 Å². The van der Waals surface area contributed by atoms with Crippen LogP contribution in [-0.4, -0.2) is 50.8 Å². The molecule has 15 heavy (non-hydrogen) atoms. The first-order valence-corrected chi connectivity index (χ1v) is 6.00. The molecular formula is C12H26N2O. The number of nitrogens with one attached hydrogen (secondary N) is 1. The fourth-order valence-corrected chi connectivity index (χ4v) is 2.13. The van der Waals surface area contributed by atoms with Gasteiger partial charge in [-0.05, 0) is 46.7 Å². The lowest BCUT2D eigenvalue weighted by molar-refractivity contribution is 0.0401. The summed E-state index contributed by atoms with van der Waals surface area (Å²) in [5.74, 6) is 0.819. The molecule has 90 valence electrons. The van der Waals surface area contributed by atoms with Gasteiger partial charge in [0.15, 0.2) is 0 Å². The van der Waals surface area contributed by atoms with Crippen LogP contribution in [0, 0.1) is 5.92 Å². The van der Waals surface area contributed by atoms with Gasteiger partial charge < -0.3 is 10.1 Å². The Labute approximate surface area is 94.2 Å². The second kappa shape index (κ2) is 5.83. The minimum atomic E-state index is 0.243. The summed E-state index contributed by atoms with van der Waals surface area (Å²) in [5.41, 5.74) is 0.243. The number of hydrogen-bond acceptors (Lipinski definition) is 3. The Morgan fingerprint density at radius 2 is 1.93 bits per heavy atom. The number of rotatable bonds is 5. The van der Waals surface area contributed by atoms with Crippen LogP contribution in [0.3, 0.4) is 0 Å². The Kier molecular flexibility index (Phi) is 5.03. The highest BCUT2D eigenvalue weighted by Crippen LogP contribution is 2.19. The highest BCUT2D eigenvalue weighted by molar-refractivity contribution is 4.83. The Morgan fingerprint density at radius 3 is 2.47 bits per heavy atom. The normalized spacial score (nSPS) is 19.8. The average Bonchev–Trinajstić information content (AvgIpc) is 2.19. The Balaban J connectivity index is 2.35. The first kappa shape index (κ1) is 12.9. The summed E-state index contributed by atoms with van der Waals surface area (Å²) >= 11 is 0. The van der Waals surface area contributed by atoms with Gasteiger partial charge in [-0.25, -0.2) is 0 Å². The average molecular weight is 214 g/mol. The van der Waals surface area contributed by atoms with E-state index >= 15 is 0 Å². The molecule has 3 nitrogen and oxygen atoms in total. The van der Waals surface area contributed by atoms with Crippen LogP contribution in [0.15, 0.2) is 0 Å². The van der Waals surface area contributed by atoms with E-state index in [9.17, 15) is 0 Å². The van der Waals surface area contributed by atoms with Gasteiger partial charge in [-0.1, -0.05) is 0 Å². The van der Waals surface area contributed by atoms with Crippen molar-refractivity contribution in [1.29, 1.82) is 0 Å². The summed E-state index contributed by atoms with van der Waals surface area (Å²) in [4.78, 5) is 2.47. The second-order valence-electron chi connectivity index (χ2n) is 5.28. The lowest BCUT2D eigenvalue weighted by Crippen LogP contribution is -2.50. The van der Waals surface area contributed by atoms with Gasteiger partial charge in [0, 0.05) is 31.8 Å². The maximum Gasteiger partial charge on any atom is 0.0469 e. The van der Waals surface area contributed by atoms with Crippen molar-refractivity contribution in [3.8, 4) is 0 Å². The molecule has 0 spiro atoms. The van der Waals surface area contributed by atoms with Gasteiger partial charge in [0.05, 0.1) is 0 Å². The quantitative estimate of drug-likeness (QED) is 0.747. The largest absolute Gasteiger partial charge is 0.381 e. The van der Waals surface area contributed by atoms with Crippen LogP contribution < -0.4 is 5.32 Å². The molecule has 1 aliphatic heterocycles. The van der Waals surface area contributed by atoms with Crippen molar-refractivity contribution >= 4 is 0 Å². The minimum Gasteiger partial charge on any atom is -0.381 e. The highest BCUT2D eigenvalue weighted by Gasteiger charge is 2.25. The molecule has 1 N–H and O–H groups in total. The van der Waals surface area contributed by atoms with Crippen LogP contribution in [0.5, 0.6) is 0 Å². The van der Waals surface area contributed by atoms with Gasteiger partial charge in [0.1, 0.15) is 0 Å². The van der Waals surface area contributed by atoms with Gasteiger partial charge in [-0.3, -0.25) is 4.90 Å². The number of ether oxygens (including phenoxy) is 1. The van der Waals surface area contributed by atoms with Crippen molar-refractivity contribution in [1.82, 2.24) is 10.2 Å². The van der Waals surface area contributed by atoms with E-state index in [4.69, 9.17) is 4.74 Å². The molecule has 1 saturated heterocycles. The van der Waals surface area contributed by atoms with E-state index < -0.39 is 0 Å². The highest BCUT2D eigenvalue weighted by atomic mass is 16.5. The number of likely N-dealkylation sites (N-methyl/N-ethyl adjacent to an activating group) is 2. The molecule has 0 radical (unpaired) electrons. The monoisotopic (exact) mass is 214 g/mol. The number of hydrogen-bond donors (Lipinski definition) is 1. The molecule has 1 aliphatic rings. The molecule has 0 aromatic heterocycles. The van der Waals surface area contributed by atoms with Crippen molar-refractivity contribution in [2.24, 2.45) is 5.92 Å². The third-order valence-corrected chi connectivity index (χ3v) is 3.52. The van der Waals surface area contributed by atoms with E-state index in [2.05, 4.69) is 31.1 Å². The van der Waals surface area contributed by atoms with Gasteiger partial charge in [-0.2, -0.15) is 0 Å². The summed E-state index contributed by atoms with van der Waals surface area (Å²) in [5, 5.41) is 3.26. The predicted molar refractivity (Wildman–Crippen MR) is 64.2 cm³/mol. The zero-order valence-corrected chi connectivity index (χ0v) is 10.7. The van der Waals surface area contributed by atoms with E-state index in [1.54, 1.807) is 0 Å². The molecule has 0 unspecified atom stereocenters. The summed E-state index contributed by atoms with van der Waals surface area (Å²) in [6.07, 6.45) is 2.44. The maximum atomic E-state index is 5.38. The van der Waals surface area contributed by atoms with Crippen LogP contribution >= 0.6 is 0 Å². The van der Waals surface area contributed by atoms with Crippen molar-refractivity contribution in [3.05, 3.63) is 0 Å². The SMILES string of the molecule is CNCC(C)(C)N(C)CC1CCOCC1. The van der Waals surface area contributed by atoms with Gasteiger partial charge in [0.2, 0.25) is 0 Å². The van der Waals surface area contributed by atoms with Gasteiger partial charge in [-0.15, -0.1) is 0 Å². The van der Waals surface area contributed by atoms with E-state index in [0.717, 1.165) is 25.7 Å². The first-order valence-electron chi connectivity index (χ1n) is 6.00. The molecule has 3 heteroatoms. The second-order valence-corrected chi connectivity index (χ2v) is 5.28. The fraction of sp³-hybridized carbons (Fsp3) is 1.00. The van der Waals surface area contributed by atoms with Crippen LogP contribution in [0.25, 0.3) is 0 Å². The van der Waals surface area contributed by atoms with Gasteiger partial charge >= 0.3 is 0 Å². The van der Waals surface area contributed by atoms with Gasteiger partial charge in [0.25, 0.3) is 0 Å². The summed E-state index contributed by atoms with van der Waals surface area (Å²) in [7, 11) is 4.25. The lowest BCUT2D eigenvalue weighted by atomic mass is 9.96. The summed E-state index contributed by atoms with van der Waals surface area (Å²) in [6.45, 7) is 8.71. The van der Waals surface area contributed by atoms with Crippen molar-refractivity contribution in [2.45, 2.75) is 32.2 Å². The molecule has 0 bridgehead atoms. The molecule has 0 atom stereocenters. The Hall–Kier alpha value is -0.120. The van der Waals surface area contributed by atoms with E-state index in [0.29, 0.717) is 0 Å². The van der Waals surface area contributed by atoms with E-state index in [-0.39, 0.29) is 5.54 Å². The lowest BCUT2D eigenvalue weighted by Gasteiger charge is -2.38.